The predicted octanol–water partition coefficient (Wildman–Crippen LogP) is 1.69. The van der Waals surface area contributed by atoms with Gasteiger partial charge in [0.05, 0.1) is 18.8 Å². The summed E-state index contributed by atoms with van der Waals surface area (Å²) in [6, 6.07) is 7.35. The zero-order valence-electron chi connectivity index (χ0n) is 11.4. The van der Waals surface area contributed by atoms with E-state index >= 15 is 0 Å². The number of benzene rings is 1. The molecular formula is C15H20N2O3. The van der Waals surface area contributed by atoms with Crippen molar-refractivity contribution >= 4 is 5.84 Å². The van der Waals surface area contributed by atoms with Crippen molar-refractivity contribution in [1.82, 2.24) is 0 Å². The summed E-state index contributed by atoms with van der Waals surface area (Å²) < 4.78 is 17.4. The lowest BCUT2D eigenvalue weighted by atomic mass is 9.91. The SMILES string of the molecule is N=C(N)c1ccc(OC2CCOC3(CCOC3)C2)cc1. The average Bonchev–Trinajstić information content (AvgIpc) is 2.87. The van der Waals surface area contributed by atoms with E-state index < -0.39 is 0 Å². The van der Waals surface area contributed by atoms with Crippen LogP contribution in [0.15, 0.2) is 24.3 Å². The highest BCUT2D eigenvalue weighted by Gasteiger charge is 2.41. The fourth-order valence-electron chi connectivity index (χ4n) is 2.85. The van der Waals surface area contributed by atoms with Gasteiger partial charge in [-0.2, -0.15) is 0 Å². The van der Waals surface area contributed by atoms with E-state index in [0.717, 1.165) is 38.2 Å². The maximum Gasteiger partial charge on any atom is 0.122 e. The van der Waals surface area contributed by atoms with Crippen LogP contribution in [0.25, 0.3) is 0 Å². The van der Waals surface area contributed by atoms with Crippen LogP contribution >= 0.6 is 0 Å². The van der Waals surface area contributed by atoms with Gasteiger partial charge in [-0.1, -0.05) is 0 Å². The number of nitrogens with one attached hydrogen (secondary N) is 1. The molecule has 2 unspecified atom stereocenters. The average molecular weight is 276 g/mol. The Morgan fingerprint density at radius 2 is 2.10 bits per heavy atom. The van der Waals surface area contributed by atoms with Gasteiger partial charge in [0, 0.05) is 31.4 Å². The molecule has 2 aliphatic rings. The van der Waals surface area contributed by atoms with E-state index in [1.54, 1.807) is 0 Å². The molecule has 20 heavy (non-hydrogen) atoms. The normalized spacial score (nSPS) is 29.5. The molecule has 1 aromatic carbocycles. The Balaban J connectivity index is 1.63. The second-order valence-electron chi connectivity index (χ2n) is 5.50. The summed E-state index contributed by atoms with van der Waals surface area (Å²) in [6.45, 7) is 2.18. The zero-order chi connectivity index (χ0) is 14.0. The third-order valence-electron chi connectivity index (χ3n) is 3.98. The van der Waals surface area contributed by atoms with Gasteiger partial charge in [0.1, 0.15) is 17.7 Å². The first kappa shape index (κ1) is 13.4. The standard InChI is InChI=1S/C15H20N2O3/c16-14(17)11-1-3-12(4-2-11)20-13-5-7-19-15(9-13)6-8-18-10-15/h1-4,13H,5-10H2,(H3,16,17). The molecule has 3 N–H and O–H groups in total. The smallest absolute Gasteiger partial charge is 0.122 e. The van der Waals surface area contributed by atoms with E-state index in [-0.39, 0.29) is 17.5 Å². The van der Waals surface area contributed by atoms with Crippen LogP contribution in [0.2, 0.25) is 0 Å². The van der Waals surface area contributed by atoms with E-state index in [9.17, 15) is 0 Å². The van der Waals surface area contributed by atoms with Gasteiger partial charge in [0.25, 0.3) is 0 Å². The molecule has 5 nitrogen and oxygen atoms in total. The van der Waals surface area contributed by atoms with Gasteiger partial charge in [0.2, 0.25) is 0 Å². The summed E-state index contributed by atoms with van der Waals surface area (Å²) in [5.74, 6) is 0.889. The fraction of sp³-hybridized carbons (Fsp3) is 0.533. The summed E-state index contributed by atoms with van der Waals surface area (Å²) in [7, 11) is 0. The second kappa shape index (κ2) is 5.42. The van der Waals surface area contributed by atoms with E-state index in [4.69, 9.17) is 25.4 Å². The lowest BCUT2D eigenvalue weighted by Gasteiger charge is -2.37. The minimum atomic E-state index is -0.137. The molecule has 0 bridgehead atoms. The van der Waals surface area contributed by atoms with Gasteiger partial charge in [-0.05, 0) is 24.3 Å². The van der Waals surface area contributed by atoms with Crippen molar-refractivity contribution in [2.45, 2.75) is 31.0 Å². The largest absolute Gasteiger partial charge is 0.490 e. The number of ether oxygens (including phenoxy) is 3. The Morgan fingerprint density at radius 3 is 2.75 bits per heavy atom. The lowest BCUT2D eigenvalue weighted by Crippen LogP contribution is -2.44. The molecular weight excluding hydrogens is 256 g/mol. The zero-order valence-corrected chi connectivity index (χ0v) is 11.4. The maximum atomic E-state index is 7.37. The Bertz CT molecular complexity index is 480. The first-order valence-electron chi connectivity index (χ1n) is 7.00. The molecule has 3 rings (SSSR count). The molecule has 1 spiro atoms. The predicted molar refractivity (Wildman–Crippen MR) is 75.2 cm³/mol. The Morgan fingerprint density at radius 1 is 1.30 bits per heavy atom. The highest BCUT2D eigenvalue weighted by Crippen LogP contribution is 2.34. The number of amidine groups is 1. The quantitative estimate of drug-likeness (QED) is 0.650. The molecule has 5 heteroatoms. The van der Waals surface area contributed by atoms with Crippen LogP contribution in [0.4, 0.5) is 0 Å². The van der Waals surface area contributed by atoms with Crippen molar-refractivity contribution in [2.24, 2.45) is 5.73 Å². The van der Waals surface area contributed by atoms with Crippen LogP contribution in [0.3, 0.4) is 0 Å². The van der Waals surface area contributed by atoms with Crippen LogP contribution in [0.1, 0.15) is 24.8 Å². The van der Waals surface area contributed by atoms with E-state index in [2.05, 4.69) is 0 Å². The molecule has 108 valence electrons. The maximum absolute atomic E-state index is 7.37. The summed E-state index contributed by atoms with van der Waals surface area (Å²) in [4.78, 5) is 0. The van der Waals surface area contributed by atoms with Crippen molar-refractivity contribution in [1.29, 1.82) is 5.41 Å². The van der Waals surface area contributed by atoms with Crippen LogP contribution < -0.4 is 10.5 Å². The lowest BCUT2D eigenvalue weighted by molar-refractivity contribution is -0.112. The van der Waals surface area contributed by atoms with Crippen molar-refractivity contribution in [3.05, 3.63) is 29.8 Å². The number of nitrogens with two attached hydrogens (primary N) is 1. The van der Waals surface area contributed by atoms with Gasteiger partial charge in [-0.3, -0.25) is 5.41 Å². The molecule has 1 aromatic rings. The van der Waals surface area contributed by atoms with Gasteiger partial charge in [-0.25, -0.2) is 0 Å². The number of hydrogen-bond donors (Lipinski definition) is 2. The molecule has 2 saturated heterocycles. The molecule has 0 saturated carbocycles. The van der Waals surface area contributed by atoms with Gasteiger partial charge < -0.3 is 19.9 Å². The highest BCUT2D eigenvalue weighted by atomic mass is 16.6. The van der Waals surface area contributed by atoms with Gasteiger partial charge in [-0.15, -0.1) is 0 Å². The fourth-order valence-corrected chi connectivity index (χ4v) is 2.85. The third-order valence-corrected chi connectivity index (χ3v) is 3.98. The van der Waals surface area contributed by atoms with E-state index in [0.29, 0.717) is 12.2 Å². The topological polar surface area (TPSA) is 77.6 Å². The van der Waals surface area contributed by atoms with E-state index in [1.165, 1.54) is 0 Å². The first-order chi connectivity index (χ1) is 9.67. The van der Waals surface area contributed by atoms with Crippen molar-refractivity contribution in [3.63, 3.8) is 0 Å². The molecule has 0 amide bonds. The number of nitrogen functional groups attached to an aromatic ring is 1. The van der Waals surface area contributed by atoms with Crippen LogP contribution in [-0.2, 0) is 9.47 Å². The van der Waals surface area contributed by atoms with Crippen LogP contribution in [0.5, 0.6) is 5.75 Å². The van der Waals surface area contributed by atoms with Gasteiger partial charge >= 0.3 is 0 Å². The molecule has 2 heterocycles. The molecule has 0 radical (unpaired) electrons. The monoisotopic (exact) mass is 276 g/mol. The number of rotatable bonds is 3. The Hall–Kier alpha value is -1.59. The summed E-state index contributed by atoms with van der Waals surface area (Å²) in [5.41, 5.74) is 6.01. The minimum absolute atomic E-state index is 0.0738. The highest BCUT2D eigenvalue weighted by molar-refractivity contribution is 5.94. The van der Waals surface area contributed by atoms with Crippen LogP contribution in [0, 0.1) is 5.41 Å². The summed E-state index contributed by atoms with van der Waals surface area (Å²) in [6.07, 6.45) is 2.89. The number of hydrogen-bond acceptors (Lipinski definition) is 4. The second-order valence-corrected chi connectivity index (χ2v) is 5.50. The van der Waals surface area contributed by atoms with Crippen molar-refractivity contribution < 1.29 is 14.2 Å². The summed E-state index contributed by atoms with van der Waals surface area (Å²) >= 11 is 0. The van der Waals surface area contributed by atoms with Gasteiger partial charge in [0.15, 0.2) is 0 Å². The molecule has 2 atom stereocenters. The first-order valence-corrected chi connectivity index (χ1v) is 7.00. The third kappa shape index (κ3) is 2.78. The molecule has 2 aliphatic heterocycles. The molecule has 0 aliphatic carbocycles. The van der Waals surface area contributed by atoms with E-state index in [1.807, 2.05) is 24.3 Å². The summed E-state index contributed by atoms with van der Waals surface area (Å²) in [5, 5.41) is 7.37. The molecule has 0 aromatic heterocycles. The van der Waals surface area contributed by atoms with Crippen molar-refractivity contribution in [3.8, 4) is 5.75 Å². The Kier molecular flexibility index (Phi) is 3.63. The Labute approximate surface area is 118 Å². The minimum Gasteiger partial charge on any atom is -0.490 e. The van der Waals surface area contributed by atoms with Crippen molar-refractivity contribution in [2.75, 3.05) is 19.8 Å². The van der Waals surface area contributed by atoms with Crippen LogP contribution in [-0.4, -0.2) is 37.4 Å². The molecule has 2 fully saturated rings.